The summed E-state index contributed by atoms with van der Waals surface area (Å²) in [5, 5.41) is 10.5. The lowest BCUT2D eigenvalue weighted by Gasteiger charge is -2.27. The minimum Gasteiger partial charge on any atom is -0.483 e. The average molecular weight is 466 g/mol. The molecule has 0 saturated carbocycles. The molecule has 0 radical (unpaired) electrons. The van der Waals surface area contributed by atoms with Crippen LogP contribution in [0.4, 0.5) is 4.39 Å². The van der Waals surface area contributed by atoms with Crippen molar-refractivity contribution in [1.82, 2.24) is 14.9 Å². The SMILES string of the molecule is O=C(O)c1cc(C(=O)N2CCCCC2)c2cc(OCc3nc4ccccc4s3)c(F)cc2n1. The summed E-state index contributed by atoms with van der Waals surface area (Å²) in [6.45, 7) is 1.28. The second-order valence-electron chi connectivity index (χ2n) is 7.88. The topological polar surface area (TPSA) is 92.6 Å². The summed E-state index contributed by atoms with van der Waals surface area (Å²) >= 11 is 1.46. The third-order valence-electron chi connectivity index (χ3n) is 5.64. The van der Waals surface area contributed by atoms with Gasteiger partial charge in [-0.25, -0.2) is 19.2 Å². The predicted octanol–water partition coefficient (Wildman–Crippen LogP) is 4.89. The Hall–Kier alpha value is -3.59. The highest BCUT2D eigenvalue weighted by Crippen LogP contribution is 2.30. The molecule has 1 amide bonds. The molecular weight excluding hydrogens is 445 g/mol. The van der Waals surface area contributed by atoms with Gasteiger partial charge in [-0.2, -0.15) is 0 Å². The molecule has 0 atom stereocenters. The van der Waals surface area contributed by atoms with Crippen LogP contribution < -0.4 is 4.74 Å². The maximum atomic E-state index is 14.8. The molecule has 1 aliphatic heterocycles. The van der Waals surface area contributed by atoms with E-state index in [1.807, 2.05) is 24.3 Å². The number of ether oxygens (including phenoxy) is 1. The number of aromatic nitrogens is 2. The quantitative estimate of drug-likeness (QED) is 0.451. The van der Waals surface area contributed by atoms with Crippen molar-refractivity contribution >= 4 is 44.3 Å². The molecule has 5 rings (SSSR count). The van der Waals surface area contributed by atoms with Gasteiger partial charge in [0.25, 0.3) is 5.91 Å². The Morgan fingerprint density at radius 2 is 1.85 bits per heavy atom. The first-order valence-corrected chi connectivity index (χ1v) is 11.5. The van der Waals surface area contributed by atoms with Gasteiger partial charge < -0.3 is 14.7 Å². The molecule has 0 unspecified atom stereocenters. The maximum Gasteiger partial charge on any atom is 0.354 e. The average Bonchev–Trinajstić information content (AvgIpc) is 3.25. The number of aromatic carboxylic acids is 1. The van der Waals surface area contributed by atoms with Gasteiger partial charge in [-0.3, -0.25) is 4.79 Å². The van der Waals surface area contributed by atoms with E-state index in [0.717, 1.165) is 35.5 Å². The van der Waals surface area contributed by atoms with Crippen molar-refractivity contribution in [3.63, 3.8) is 0 Å². The van der Waals surface area contributed by atoms with E-state index in [9.17, 15) is 19.1 Å². The van der Waals surface area contributed by atoms with Crippen LogP contribution in [0.2, 0.25) is 0 Å². The van der Waals surface area contributed by atoms with Crippen LogP contribution in [0, 0.1) is 5.82 Å². The van der Waals surface area contributed by atoms with Crippen LogP contribution >= 0.6 is 11.3 Å². The number of rotatable bonds is 5. The summed E-state index contributed by atoms with van der Waals surface area (Å²) in [6, 6.07) is 11.5. The lowest BCUT2D eigenvalue weighted by Crippen LogP contribution is -2.35. The second-order valence-corrected chi connectivity index (χ2v) is 8.99. The first-order valence-electron chi connectivity index (χ1n) is 10.6. The highest BCUT2D eigenvalue weighted by Gasteiger charge is 2.24. The lowest BCUT2D eigenvalue weighted by atomic mass is 10.0. The van der Waals surface area contributed by atoms with E-state index in [0.29, 0.717) is 23.5 Å². The van der Waals surface area contributed by atoms with E-state index in [2.05, 4.69) is 9.97 Å². The van der Waals surface area contributed by atoms with Crippen LogP contribution in [0.15, 0.2) is 42.5 Å². The number of hydrogen-bond acceptors (Lipinski definition) is 6. The number of thiazole rings is 1. The number of piperidine rings is 1. The molecule has 1 N–H and O–H groups in total. The van der Waals surface area contributed by atoms with Crippen molar-refractivity contribution in [3.05, 3.63) is 64.5 Å². The summed E-state index contributed by atoms with van der Waals surface area (Å²) in [4.78, 5) is 35.0. The van der Waals surface area contributed by atoms with Gasteiger partial charge in [0.1, 0.15) is 17.3 Å². The Kier molecular flexibility index (Phi) is 5.63. The minimum atomic E-state index is -1.28. The van der Waals surface area contributed by atoms with Gasteiger partial charge >= 0.3 is 5.97 Å². The molecule has 1 aliphatic rings. The number of fused-ring (bicyclic) bond motifs is 2. The Morgan fingerprint density at radius 3 is 2.61 bits per heavy atom. The Bertz CT molecular complexity index is 1350. The summed E-state index contributed by atoms with van der Waals surface area (Å²) in [5.41, 5.74) is 0.828. The van der Waals surface area contributed by atoms with Gasteiger partial charge in [0.2, 0.25) is 0 Å². The molecule has 9 heteroatoms. The fourth-order valence-electron chi connectivity index (χ4n) is 4.01. The summed E-state index contributed by atoms with van der Waals surface area (Å²) in [6.07, 6.45) is 2.84. The van der Waals surface area contributed by atoms with E-state index in [1.165, 1.54) is 23.5 Å². The zero-order valence-electron chi connectivity index (χ0n) is 17.6. The molecule has 1 fully saturated rings. The number of pyridine rings is 1. The molecular formula is C24H20FN3O4S. The molecule has 3 heterocycles. The lowest BCUT2D eigenvalue weighted by molar-refractivity contribution is 0.0691. The standard InChI is InChI=1S/C24H20FN3O4S/c25-16-12-18-14(11-20(16)32-13-22-27-17-6-2-3-7-21(17)33-22)15(10-19(26-18)24(30)31)23(29)28-8-4-1-5-9-28/h2-3,6-7,10-12H,1,4-5,8-9,13H2,(H,30,31). The fourth-order valence-corrected chi connectivity index (χ4v) is 4.89. The van der Waals surface area contributed by atoms with Crippen LogP contribution in [-0.4, -0.2) is 44.9 Å². The van der Waals surface area contributed by atoms with Gasteiger partial charge in [-0.1, -0.05) is 12.1 Å². The smallest absolute Gasteiger partial charge is 0.354 e. The van der Waals surface area contributed by atoms with Crippen molar-refractivity contribution in [2.24, 2.45) is 0 Å². The molecule has 4 aromatic rings. The molecule has 0 bridgehead atoms. The van der Waals surface area contributed by atoms with E-state index < -0.39 is 11.8 Å². The molecule has 2 aromatic carbocycles. The third kappa shape index (κ3) is 4.23. The zero-order chi connectivity index (χ0) is 22.9. The highest BCUT2D eigenvalue weighted by atomic mass is 32.1. The van der Waals surface area contributed by atoms with E-state index in [1.54, 1.807) is 4.90 Å². The van der Waals surface area contributed by atoms with Crippen LogP contribution in [0.5, 0.6) is 5.75 Å². The van der Waals surface area contributed by atoms with Gasteiger partial charge in [0.15, 0.2) is 11.6 Å². The van der Waals surface area contributed by atoms with Crippen molar-refractivity contribution < 1.29 is 23.8 Å². The number of nitrogens with zero attached hydrogens (tertiary/aromatic N) is 3. The Labute approximate surface area is 192 Å². The Balaban J connectivity index is 1.51. The van der Waals surface area contributed by atoms with Gasteiger partial charge in [-0.05, 0) is 43.5 Å². The number of carbonyl (C=O) groups excluding carboxylic acids is 1. The first kappa shape index (κ1) is 21.3. The molecule has 2 aromatic heterocycles. The number of halogens is 1. The van der Waals surface area contributed by atoms with Gasteiger partial charge in [0.05, 0.1) is 21.3 Å². The molecule has 0 aliphatic carbocycles. The largest absolute Gasteiger partial charge is 0.483 e. The van der Waals surface area contributed by atoms with Crippen LogP contribution in [-0.2, 0) is 6.61 Å². The molecule has 0 spiro atoms. The van der Waals surface area contributed by atoms with Crippen molar-refractivity contribution in [2.75, 3.05) is 13.1 Å². The zero-order valence-corrected chi connectivity index (χ0v) is 18.4. The van der Waals surface area contributed by atoms with Crippen LogP contribution in [0.1, 0.15) is 45.1 Å². The van der Waals surface area contributed by atoms with E-state index >= 15 is 0 Å². The second kappa shape index (κ2) is 8.74. The molecule has 7 nitrogen and oxygen atoms in total. The van der Waals surface area contributed by atoms with Crippen molar-refractivity contribution in [2.45, 2.75) is 25.9 Å². The summed E-state index contributed by atoms with van der Waals surface area (Å²) in [5.74, 6) is -2.29. The number of carboxylic acids is 1. The first-order chi connectivity index (χ1) is 16.0. The minimum absolute atomic E-state index is 0.0423. The number of benzene rings is 2. The normalized spacial score (nSPS) is 14.0. The highest BCUT2D eigenvalue weighted by molar-refractivity contribution is 7.18. The van der Waals surface area contributed by atoms with Crippen molar-refractivity contribution in [3.8, 4) is 5.75 Å². The number of para-hydroxylation sites is 1. The number of hydrogen-bond donors (Lipinski definition) is 1. The van der Waals surface area contributed by atoms with Gasteiger partial charge in [-0.15, -0.1) is 11.3 Å². The number of carboxylic acid groups (broad SMARTS) is 1. The molecule has 33 heavy (non-hydrogen) atoms. The summed E-state index contributed by atoms with van der Waals surface area (Å²) < 4.78 is 21.6. The maximum absolute atomic E-state index is 14.8. The summed E-state index contributed by atoms with van der Waals surface area (Å²) in [7, 11) is 0. The number of carbonyl (C=O) groups is 2. The fraction of sp³-hybridized carbons (Fsp3) is 0.250. The molecule has 1 saturated heterocycles. The predicted molar refractivity (Wildman–Crippen MR) is 122 cm³/mol. The van der Waals surface area contributed by atoms with E-state index in [-0.39, 0.29) is 35.0 Å². The molecule has 168 valence electrons. The monoisotopic (exact) mass is 465 g/mol. The van der Waals surface area contributed by atoms with Crippen molar-refractivity contribution in [1.29, 1.82) is 0 Å². The van der Waals surface area contributed by atoms with E-state index in [4.69, 9.17) is 4.74 Å². The third-order valence-corrected chi connectivity index (χ3v) is 6.65. The van der Waals surface area contributed by atoms with Crippen LogP contribution in [0.3, 0.4) is 0 Å². The number of likely N-dealkylation sites (tertiary alicyclic amines) is 1. The number of amides is 1. The Morgan fingerprint density at radius 1 is 1.06 bits per heavy atom. The van der Waals surface area contributed by atoms with Crippen LogP contribution in [0.25, 0.3) is 21.1 Å². The van der Waals surface area contributed by atoms with Gasteiger partial charge in [0, 0.05) is 24.5 Å².